The lowest BCUT2D eigenvalue weighted by Crippen LogP contribution is -2.41. The fourth-order valence-corrected chi connectivity index (χ4v) is 6.40. The molecular formula is C46H78BN3O2. The quantitative estimate of drug-likeness (QED) is 0.0542. The van der Waals surface area contributed by atoms with Crippen LogP contribution in [0.5, 0.6) is 0 Å². The van der Waals surface area contributed by atoms with Crippen molar-refractivity contribution in [3.05, 3.63) is 102 Å². The number of aldehydes is 1. The van der Waals surface area contributed by atoms with Crippen molar-refractivity contribution >= 4 is 19.8 Å². The summed E-state index contributed by atoms with van der Waals surface area (Å²) < 4.78 is 6.31. The second kappa shape index (κ2) is 27.4. The van der Waals surface area contributed by atoms with Crippen molar-refractivity contribution in [2.24, 2.45) is 23.5 Å². The lowest BCUT2D eigenvalue weighted by Gasteiger charge is -2.33. The van der Waals surface area contributed by atoms with Crippen LogP contribution >= 0.6 is 0 Å². The van der Waals surface area contributed by atoms with Crippen LogP contribution in [0.25, 0.3) is 5.70 Å². The van der Waals surface area contributed by atoms with Gasteiger partial charge < -0.3 is 25.9 Å². The number of carbonyl (C=O) groups is 1. The van der Waals surface area contributed by atoms with E-state index in [2.05, 4.69) is 109 Å². The SMILES string of the molecule is C.C=C.C=CC.[B]Cc1ccc(CC2CC(C)CC(C=O)C2)c(C(=C)NC(C)(C)CCOC(C)(C)/C(N)=C/NCCC/C(C)=C/CC/C(C)=C/C)c1. The van der Waals surface area contributed by atoms with Gasteiger partial charge in [0, 0.05) is 35.5 Å². The van der Waals surface area contributed by atoms with Crippen molar-refractivity contribution in [1.82, 2.24) is 10.6 Å². The molecule has 1 aliphatic rings. The van der Waals surface area contributed by atoms with E-state index in [0.29, 0.717) is 30.5 Å². The first-order chi connectivity index (χ1) is 24.1. The first-order valence-corrected chi connectivity index (χ1v) is 19.0. The van der Waals surface area contributed by atoms with Crippen LogP contribution in [-0.2, 0) is 22.3 Å². The summed E-state index contributed by atoms with van der Waals surface area (Å²) >= 11 is 0. The maximum Gasteiger partial charge on any atom is 0.123 e. The van der Waals surface area contributed by atoms with Crippen molar-refractivity contribution in [3.63, 3.8) is 0 Å². The van der Waals surface area contributed by atoms with Gasteiger partial charge in [-0.3, -0.25) is 0 Å². The number of nitrogens with one attached hydrogen (secondary N) is 2. The van der Waals surface area contributed by atoms with Gasteiger partial charge in [0.2, 0.25) is 0 Å². The third-order valence-electron chi connectivity index (χ3n) is 9.56. The molecular weight excluding hydrogens is 637 g/mol. The van der Waals surface area contributed by atoms with Crippen molar-refractivity contribution in [2.45, 2.75) is 145 Å². The molecule has 0 heterocycles. The van der Waals surface area contributed by atoms with E-state index < -0.39 is 5.60 Å². The number of benzene rings is 1. The van der Waals surface area contributed by atoms with Crippen LogP contribution in [0.1, 0.15) is 138 Å². The fourth-order valence-electron chi connectivity index (χ4n) is 6.40. The van der Waals surface area contributed by atoms with E-state index in [1.165, 1.54) is 16.7 Å². The molecule has 1 aromatic carbocycles. The minimum absolute atomic E-state index is 0. The Morgan fingerprint density at radius 1 is 1.08 bits per heavy atom. The van der Waals surface area contributed by atoms with E-state index in [9.17, 15) is 4.79 Å². The molecule has 0 saturated heterocycles. The molecule has 0 aliphatic heterocycles. The predicted molar refractivity (Wildman–Crippen MR) is 232 cm³/mol. The zero-order valence-electron chi connectivity index (χ0n) is 34.1. The van der Waals surface area contributed by atoms with Crippen molar-refractivity contribution in [3.8, 4) is 0 Å². The molecule has 2 radical (unpaired) electrons. The van der Waals surface area contributed by atoms with Crippen LogP contribution in [0.2, 0.25) is 0 Å². The summed E-state index contributed by atoms with van der Waals surface area (Å²) in [6, 6.07) is 6.49. The Labute approximate surface area is 323 Å². The summed E-state index contributed by atoms with van der Waals surface area (Å²) in [6.07, 6.45) is 19.1. The predicted octanol–water partition coefficient (Wildman–Crippen LogP) is 11.2. The number of hydrogen-bond acceptors (Lipinski definition) is 5. The molecule has 0 spiro atoms. The second-order valence-electron chi connectivity index (χ2n) is 15.4. The monoisotopic (exact) mass is 716 g/mol. The van der Waals surface area contributed by atoms with Gasteiger partial charge in [-0.2, -0.15) is 0 Å². The van der Waals surface area contributed by atoms with Crippen LogP contribution in [0, 0.1) is 17.8 Å². The lowest BCUT2D eigenvalue weighted by molar-refractivity contribution is -0.112. The Morgan fingerprint density at radius 3 is 2.33 bits per heavy atom. The number of hydrogen-bond donors (Lipinski definition) is 3. The summed E-state index contributed by atoms with van der Waals surface area (Å²) in [5.41, 5.74) is 13.6. The van der Waals surface area contributed by atoms with Gasteiger partial charge in [-0.25, -0.2) is 0 Å². The number of ether oxygens (including phenoxy) is 1. The Hall–Kier alpha value is -3.25. The van der Waals surface area contributed by atoms with Crippen LogP contribution in [-0.4, -0.2) is 38.4 Å². The molecule has 1 fully saturated rings. The highest BCUT2D eigenvalue weighted by atomic mass is 16.5. The zero-order chi connectivity index (χ0) is 39.0. The standard InChI is InChI=1S/C40H64BN3O2.C3H6.C2H4.CH4/c1-10-29(2)13-11-14-30(3)15-12-19-43-27-38(42)40(8,9)46-20-18-39(6,7)44-32(5)37-25-33(26-41)16-17-36(37)24-34-21-31(4)22-35(23-34)28-45;1-3-2;1-2;/h10,14,16-17,25,27-28,31,34-35,43-44H,5,11-13,15,18-24,26,42H2,1-4,6-9H3;3H,1H2,2H3;1-2H2;1H4/b29-10+,30-14+,38-27-;;;. The molecule has 6 heteroatoms. The summed E-state index contributed by atoms with van der Waals surface area (Å²) in [4.78, 5) is 11.6. The molecule has 292 valence electrons. The average Bonchev–Trinajstić information content (AvgIpc) is 3.08. The first kappa shape index (κ1) is 50.9. The molecule has 52 heavy (non-hydrogen) atoms. The first-order valence-electron chi connectivity index (χ1n) is 19.0. The zero-order valence-corrected chi connectivity index (χ0v) is 34.1. The Kier molecular flexibility index (Phi) is 26.8. The third kappa shape index (κ3) is 20.7. The number of rotatable bonds is 20. The van der Waals surface area contributed by atoms with Gasteiger partial charge in [0.25, 0.3) is 0 Å². The normalized spacial score (nSPS) is 18.0. The Balaban J connectivity index is 0. The highest BCUT2D eigenvalue weighted by molar-refractivity contribution is 6.08. The molecule has 0 amide bonds. The van der Waals surface area contributed by atoms with Crippen LogP contribution < -0.4 is 16.4 Å². The van der Waals surface area contributed by atoms with Crippen molar-refractivity contribution in [1.29, 1.82) is 0 Å². The van der Waals surface area contributed by atoms with E-state index in [1.54, 1.807) is 6.08 Å². The maximum atomic E-state index is 11.6. The lowest BCUT2D eigenvalue weighted by atomic mass is 9.74. The summed E-state index contributed by atoms with van der Waals surface area (Å²) in [5.74, 6) is 1.24. The van der Waals surface area contributed by atoms with E-state index in [1.807, 2.05) is 27.0 Å². The van der Waals surface area contributed by atoms with Crippen molar-refractivity contribution < 1.29 is 9.53 Å². The molecule has 2 rings (SSSR count). The topological polar surface area (TPSA) is 76.4 Å². The van der Waals surface area contributed by atoms with E-state index >= 15 is 0 Å². The largest absolute Gasteiger partial charge is 0.399 e. The molecule has 0 bridgehead atoms. The van der Waals surface area contributed by atoms with Crippen LogP contribution in [0.15, 0.2) is 85.8 Å². The fraction of sp³-hybridized carbons (Fsp3) is 0.587. The summed E-state index contributed by atoms with van der Waals surface area (Å²) in [6.45, 7) is 34.3. The molecule has 3 atom stereocenters. The Morgan fingerprint density at radius 2 is 1.73 bits per heavy atom. The minimum atomic E-state index is -0.584. The maximum absolute atomic E-state index is 11.6. The third-order valence-corrected chi connectivity index (χ3v) is 9.56. The number of allylic oxidation sites excluding steroid dienone is 5. The molecule has 1 aliphatic carbocycles. The average molecular weight is 716 g/mol. The highest BCUT2D eigenvalue weighted by Gasteiger charge is 2.28. The molecule has 1 aromatic rings. The van der Waals surface area contributed by atoms with Crippen molar-refractivity contribution in [2.75, 3.05) is 13.2 Å². The minimum Gasteiger partial charge on any atom is -0.399 e. The van der Waals surface area contributed by atoms with Gasteiger partial charge in [-0.05, 0) is 131 Å². The van der Waals surface area contributed by atoms with E-state index in [0.717, 1.165) is 87.4 Å². The van der Waals surface area contributed by atoms with Crippen LogP contribution in [0.4, 0.5) is 0 Å². The molecule has 0 aromatic heterocycles. The van der Waals surface area contributed by atoms with Gasteiger partial charge in [-0.15, -0.1) is 19.7 Å². The van der Waals surface area contributed by atoms with E-state index in [-0.39, 0.29) is 18.9 Å². The Bertz CT molecular complexity index is 1280. The van der Waals surface area contributed by atoms with Gasteiger partial charge in [0.15, 0.2) is 0 Å². The van der Waals surface area contributed by atoms with E-state index in [4.69, 9.17) is 18.3 Å². The summed E-state index contributed by atoms with van der Waals surface area (Å²) in [7, 11) is 6.02. The summed E-state index contributed by atoms with van der Waals surface area (Å²) in [5, 5.41) is 7.07. The van der Waals surface area contributed by atoms with Gasteiger partial charge in [0.05, 0.1) is 20.2 Å². The number of carbonyl (C=O) groups excluding carboxylic acids is 1. The van der Waals surface area contributed by atoms with Gasteiger partial charge in [0.1, 0.15) is 11.9 Å². The highest BCUT2D eigenvalue weighted by Crippen LogP contribution is 2.35. The molecule has 3 unspecified atom stereocenters. The molecule has 4 N–H and O–H groups in total. The smallest absolute Gasteiger partial charge is 0.123 e. The molecule has 1 saturated carbocycles. The van der Waals surface area contributed by atoms with Gasteiger partial charge >= 0.3 is 0 Å². The molecule has 5 nitrogen and oxygen atoms in total. The number of nitrogens with two attached hydrogens (primary N) is 1. The van der Waals surface area contributed by atoms with Gasteiger partial charge in [-0.1, -0.05) is 80.4 Å². The second-order valence-corrected chi connectivity index (χ2v) is 15.4. The van der Waals surface area contributed by atoms with Crippen LogP contribution in [0.3, 0.4) is 0 Å².